The van der Waals surface area contributed by atoms with Gasteiger partial charge in [0.05, 0.1) is 42.7 Å². The molecule has 0 saturated carbocycles. The summed E-state index contributed by atoms with van der Waals surface area (Å²) in [5, 5.41) is 15.4. The number of carbonyl (C=O) groups excluding carboxylic acids is 3. The lowest BCUT2D eigenvalue weighted by atomic mass is 9.98. The van der Waals surface area contributed by atoms with E-state index in [1.807, 2.05) is 6.92 Å². The van der Waals surface area contributed by atoms with Gasteiger partial charge in [0, 0.05) is 75.8 Å². The minimum atomic E-state index is -1.15. The van der Waals surface area contributed by atoms with Gasteiger partial charge in [0.15, 0.2) is 23.9 Å². The SMILES string of the molecule is CCC(CC[NH+](CC(=O)O)CC1CNC1)C(=O)N1CCN(C(=O)c2ccc(NC(=O)c3ncc(-c4ccc(OC)c(F)c4F)n3C)cc2Cl)CC1. The Kier molecular flexibility index (Phi) is 12.3. The molecule has 0 aliphatic carbocycles. The van der Waals surface area contributed by atoms with Crippen LogP contribution in [0.15, 0.2) is 36.5 Å². The lowest BCUT2D eigenvalue weighted by molar-refractivity contribution is -0.897. The zero-order valence-corrected chi connectivity index (χ0v) is 29.6. The van der Waals surface area contributed by atoms with Crippen molar-refractivity contribution < 1.29 is 42.7 Å². The molecule has 1 aromatic heterocycles. The van der Waals surface area contributed by atoms with E-state index in [0.717, 1.165) is 24.5 Å². The molecule has 274 valence electrons. The van der Waals surface area contributed by atoms with Crippen LogP contribution in [0.2, 0.25) is 5.02 Å². The van der Waals surface area contributed by atoms with Gasteiger partial charge in [-0.15, -0.1) is 0 Å². The fourth-order valence-electron chi connectivity index (χ4n) is 6.53. The summed E-state index contributed by atoms with van der Waals surface area (Å²) in [5.74, 6) is -4.15. The summed E-state index contributed by atoms with van der Waals surface area (Å²) in [6.45, 7) is 6.52. The Morgan fingerprint density at radius 1 is 1.10 bits per heavy atom. The molecule has 0 radical (unpaired) electrons. The van der Waals surface area contributed by atoms with Crippen molar-refractivity contribution >= 4 is 41.0 Å². The van der Waals surface area contributed by atoms with Crippen LogP contribution in [0, 0.1) is 23.5 Å². The van der Waals surface area contributed by atoms with E-state index in [2.05, 4.69) is 15.6 Å². The first kappa shape index (κ1) is 37.7. The number of halogens is 3. The van der Waals surface area contributed by atoms with E-state index in [9.17, 15) is 33.1 Å². The van der Waals surface area contributed by atoms with Gasteiger partial charge in [-0.1, -0.05) is 18.5 Å². The lowest BCUT2D eigenvalue weighted by Gasteiger charge is -2.37. The molecule has 3 heterocycles. The minimum Gasteiger partial charge on any atom is -0.494 e. The molecule has 3 aromatic rings. The van der Waals surface area contributed by atoms with Crippen LogP contribution >= 0.6 is 11.6 Å². The molecule has 2 unspecified atom stereocenters. The standard InChI is InChI=1S/C35H42ClF2N7O6/c1-4-22(9-10-43(20-29(46)47)19-21-16-39-17-21)34(49)44-11-13-45(14-12-44)35(50)24-6-5-23(15-26(24)36)41-33(48)32-40-18-27(42(32)2)25-7-8-28(51-3)31(38)30(25)37/h5-8,15,18,21-22,39H,4,9-14,16-17,19-20H2,1-3H3,(H,41,48)(H,46,47)/p+1. The number of hydrogen-bond donors (Lipinski definition) is 4. The van der Waals surface area contributed by atoms with E-state index in [4.69, 9.17) is 16.3 Å². The largest absolute Gasteiger partial charge is 0.494 e. The van der Waals surface area contributed by atoms with Crippen molar-refractivity contribution in [3.63, 3.8) is 0 Å². The summed E-state index contributed by atoms with van der Waals surface area (Å²) in [5.41, 5.74) is 0.606. The summed E-state index contributed by atoms with van der Waals surface area (Å²) in [7, 11) is 2.72. The third-order valence-electron chi connectivity index (χ3n) is 9.60. The average molecular weight is 731 g/mol. The van der Waals surface area contributed by atoms with Gasteiger partial charge >= 0.3 is 5.97 Å². The summed E-state index contributed by atoms with van der Waals surface area (Å²) < 4.78 is 35.2. The van der Waals surface area contributed by atoms with E-state index in [1.54, 1.807) is 9.80 Å². The number of methoxy groups -OCH3 is 1. The number of rotatable bonds is 14. The highest BCUT2D eigenvalue weighted by Gasteiger charge is 2.31. The topological polar surface area (TPSA) is 151 Å². The molecule has 2 atom stereocenters. The summed E-state index contributed by atoms with van der Waals surface area (Å²) in [4.78, 5) is 59.8. The van der Waals surface area contributed by atoms with Gasteiger partial charge in [0.25, 0.3) is 11.8 Å². The quantitative estimate of drug-likeness (QED) is 0.197. The third-order valence-corrected chi connectivity index (χ3v) is 9.92. The molecule has 0 spiro atoms. The Balaban J connectivity index is 1.15. The van der Waals surface area contributed by atoms with Crippen LogP contribution in [0.3, 0.4) is 0 Å². The predicted molar refractivity (Wildman–Crippen MR) is 185 cm³/mol. The smallest absolute Gasteiger partial charge is 0.359 e. The molecule has 0 bridgehead atoms. The first-order chi connectivity index (χ1) is 24.4. The van der Waals surface area contributed by atoms with Crippen LogP contribution in [0.5, 0.6) is 5.75 Å². The number of nitrogens with zero attached hydrogens (tertiary/aromatic N) is 4. The summed E-state index contributed by atoms with van der Waals surface area (Å²) in [6.07, 6.45) is 2.50. The molecule has 2 aliphatic heterocycles. The Bertz CT molecular complexity index is 1780. The third kappa shape index (κ3) is 8.65. The highest BCUT2D eigenvalue weighted by atomic mass is 35.5. The minimum absolute atomic E-state index is 0.0174. The number of amides is 3. The predicted octanol–water partition coefficient (Wildman–Crippen LogP) is 2.17. The number of imidazole rings is 1. The molecule has 51 heavy (non-hydrogen) atoms. The molecule has 4 N–H and O–H groups in total. The number of carboxylic acids is 1. The van der Waals surface area contributed by atoms with Crippen LogP contribution in [-0.2, 0) is 16.6 Å². The Morgan fingerprint density at radius 2 is 1.80 bits per heavy atom. The van der Waals surface area contributed by atoms with E-state index >= 15 is 0 Å². The molecule has 2 aromatic carbocycles. The van der Waals surface area contributed by atoms with Crippen molar-refractivity contribution in [1.82, 2.24) is 24.7 Å². The van der Waals surface area contributed by atoms with Crippen molar-refractivity contribution in [3.05, 3.63) is 64.6 Å². The van der Waals surface area contributed by atoms with Crippen LogP contribution in [0.1, 0.15) is 40.7 Å². The number of aliphatic carboxylic acids is 1. The lowest BCUT2D eigenvalue weighted by Crippen LogP contribution is -3.14. The zero-order chi connectivity index (χ0) is 36.8. The maximum absolute atomic E-state index is 14.7. The van der Waals surface area contributed by atoms with Gasteiger partial charge in [-0.3, -0.25) is 14.4 Å². The molecule has 13 nitrogen and oxygen atoms in total. The van der Waals surface area contributed by atoms with Gasteiger partial charge in [-0.25, -0.2) is 14.2 Å². The number of hydrogen-bond acceptors (Lipinski definition) is 7. The van der Waals surface area contributed by atoms with Gasteiger partial charge in [-0.05, 0) is 36.8 Å². The first-order valence-electron chi connectivity index (χ1n) is 16.9. The molecular formula is C35H43ClF2N7O6+. The molecule has 3 amide bonds. The van der Waals surface area contributed by atoms with Crippen molar-refractivity contribution in [1.29, 1.82) is 0 Å². The number of benzene rings is 2. The second-order valence-corrected chi connectivity index (χ2v) is 13.3. The van der Waals surface area contributed by atoms with E-state index in [0.29, 0.717) is 57.2 Å². The second-order valence-electron chi connectivity index (χ2n) is 12.9. The highest BCUT2D eigenvalue weighted by Crippen LogP contribution is 2.30. The van der Waals surface area contributed by atoms with Crippen LogP contribution in [0.4, 0.5) is 14.5 Å². The van der Waals surface area contributed by atoms with E-state index < -0.39 is 23.5 Å². The summed E-state index contributed by atoms with van der Waals surface area (Å²) >= 11 is 6.51. The average Bonchev–Trinajstić information content (AvgIpc) is 3.47. The number of aromatic nitrogens is 2. The zero-order valence-electron chi connectivity index (χ0n) is 28.8. The van der Waals surface area contributed by atoms with Gasteiger partial charge in [0.2, 0.25) is 11.7 Å². The van der Waals surface area contributed by atoms with Gasteiger partial charge < -0.3 is 39.7 Å². The van der Waals surface area contributed by atoms with Crippen LogP contribution in [-0.4, -0.2) is 114 Å². The van der Waals surface area contributed by atoms with Crippen molar-refractivity contribution in [2.75, 3.05) is 71.3 Å². The van der Waals surface area contributed by atoms with E-state index in [1.165, 1.54) is 55.3 Å². The highest BCUT2D eigenvalue weighted by molar-refractivity contribution is 6.34. The number of piperazine rings is 1. The molecular weight excluding hydrogens is 688 g/mol. The van der Waals surface area contributed by atoms with Crippen LogP contribution < -0.4 is 20.3 Å². The summed E-state index contributed by atoms with van der Waals surface area (Å²) in [6, 6.07) is 7.10. The maximum atomic E-state index is 14.7. The number of quaternary nitrogens is 1. The van der Waals surface area contributed by atoms with Crippen molar-refractivity contribution in [3.8, 4) is 17.0 Å². The van der Waals surface area contributed by atoms with Gasteiger partial charge in [0.1, 0.15) is 0 Å². The van der Waals surface area contributed by atoms with Gasteiger partial charge in [-0.2, -0.15) is 4.39 Å². The van der Waals surface area contributed by atoms with Crippen molar-refractivity contribution in [2.45, 2.75) is 19.8 Å². The number of anilines is 1. The number of carbonyl (C=O) groups is 4. The number of nitrogens with one attached hydrogen (secondary N) is 3. The number of carboxylic acid groups (broad SMARTS) is 1. The number of ether oxygens (including phenoxy) is 1. The maximum Gasteiger partial charge on any atom is 0.359 e. The first-order valence-corrected chi connectivity index (χ1v) is 17.3. The molecule has 5 rings (SSSR count). The molecule has 2 aliphatic rings. The Hall–Kier alpha value is -4.60. The monoisotopic (exact) mass is 730 g/mol. The Labute approximate surface area is 299 Å². The second kappa shape index (κ2) is 16.6. The fourth-order valence-corrected chi connectivity index (χ4v) is 6.79. The Morgan fingerprint density at radius 3 is 2.41 bits per heavy atom. The molecule has 16 heteroatoms. The molecule has 2 saturated heterocycles. The van der Waals surface area contributed by atoms with Crippen LogP contribution in [0.25, 0.3) is 11.3 Å². The fraction of sp³-hybridized carbons (Fsp3) is 0.457. The molecule has 2 fully saturated rings. The van der Waals surface area contributed by atoms with Crippen molar-refractivity contribution in [2.24, 2.45) is 18.9 Å². The normalized spacial score (nSPS) is 16.0. The van der Waals surface area contributed by atoms with E-state index in [-0.39, 0.29) is 57.7 Å².